The van der Waals surface area contributed by atoms with E-state index >= 15 is 0 Å². The van der Waals surface area contributed by atoms with E-state index in [-0.39, 0.29) is 5.41 Å². The minimum Gasteiger partial charge on any atom is -0.342 e. The summed E-state index contributed by atoms with van der Waals surface area (Å²) in [6.45, 7) is 6.30. The molecule has 1 heterocycles. The van der Waals surface area contributed by atoms with E-state index in [1.54, 1.807) is 0 Å². The van der Waals surface area contributed by atoms with Crippen LogP contribution < -0.4 is 5.32 Å². The van der Waals surface area contributed by atoms with Gasteiger partial charge in [-0.1, -0.05) is 13.3 Å². The van der Waals surface area contributed by atoms with E-state index in [9.17, 15) is 4.79 Å². The van der Waals surface area contributed by atoms with E-state index in [1.807, 2.05) is 23.7 Å². The maximum Gasteiger partial charge on any atom is 0.228 e. The molecule has 0 radical (unpaired) electrons. The van der Waals surface area contributed by atoms with E-state index in [0.29, 0.717) is 11.9 Å². The first-order valence-electron chi connectivity index (χ1n) is 7.04. The number of nitrogens with one attached hydrogen (secondary N) is 1. The summed E-state index contributed by atoms with van der Waals surface area (Å²) in [5, 5.41) is 3.37. The molecule has 0 spiro atoms. The third-order valence-corrected chi connectivity index (χ3v) is 4.95. The highest BCUT2D eigenvalue weighted by atomic mass is 32.2. The summed E-state index contributed by atoms with van der Waals surface area (Å²) < 4.78 is 0. The molecule has 1 amide bonds. The van der Waals surface area contributed by atoms with Crippen LogP contribution in [0.5, 0.6) is 0 Å². The van der Waals surface area contributed by atoms with Gasteiger partial charge in [-0.15, -0.1) is 0 Å². The van der Waals surface area contributed by atoms with Crippen LogP contribution in [0.1, 0.15) is 39.5 Å². The molecule has 106 valence electrons. The van der Waals surface area contributed by atoms with Gasteiger partial charge in [-0.3, -0.25) is 4.79 Å². The molecule has 1 aliphatic rings. The molecular formula is C14H28N2OS. The van der Waals surface area contributed by atoms with Crippen molar-refractivity contribution in [3.63, 3.8) is 0 Å². The standard InChI is InChI=1S/C14H28N2OS/c1-5-6-14(7-9-15-10-8-14)13(17)16(3)12(2)11-18-4/h12,15H,5-11H2,1-4H3. The largest absolute Gasteiger partial charge is 0.342 e. The fourth-order valence-electron chi connectivity index (χ4n) is 2.88. The first kappa shape index (κ1) is 15.8. The van der Waals surface area contributed by atoms with E-state index in [0.717, 1.165) is 44.5 Å². The van der Waals surface area contributed by atoms with Crippen molar-refractivity contribution >= 4 is 17.7 Å². The topological polar surface area (TPSA) is 32.3 Å². The third kappa shape index (κ3) is 3.64. The van der Waals surface area contributed by atoms with Crippen LogP contribution in [0.4, 0.5) is 0 Å². The predicted octanol–water partition coefficient (Wildman–Crippen LogP) is 2.37. The Morgan fingerprint density at radius 1 is 1.44 bits per heavy atom. The Kier molecular flexibility index (Phi) is 6.50. The molecule has 1 saturated heterocycles. The number of piperidine rings is 1. The first-order valence-corrected chi connectivity index (χ1v) is 8.43. The van der Waals surface area contributed by atoms with Crippen LogP contribution in [0.2, 0.25) is 0 Å². The van der Waals surface area contributed by atoms with Crippen LogP contribution in [0, 0.1) is 5.41 Å². The average molecular weight is 272 g/mol. The fraction of sp³-hybridized carbons (Fsp3) is 0.929. The molecule has 1 unspecified atom stereocenters. The molecule has 1 rings (SSSR count). The van der Waals surface area contributed by atoms with Crippen molar-refractivity contribution in [2.45, 2.75) is 45.6 Å². The molecule has 4 heteroatoms. The van der Waals surface area contributed by atoms with Gasteiger partial charge in [-0.25, -0.2) is 0 Å². The van der Waals surface area contributed by atoms with E-state index in [4.69, 9.17) is 0 Å². The molecule has 0 aromatic carbocycles. The number of hydrogen-bond donors (Lipinski definition) is 1. The van der Waals surface area contributed by atoms with Gasteiger partial charge in [0, 0.05) is 18.8 Å². The molecule has 3 nitrogen and oxygen atoms in total. The minimum atomic E-state index is -0.0958. The van der Waals surface area contributed by atoms with Crippen molar-refractivity contribution < 1.29 is 4.79 Å². The van der Waals surface area contributed by atoms with E-state index < -0.39 is 0 Å². The Hall–Kier alpha value is -0.220. The maximum atomic E-state index is 12.8. The van der Waals surface area contributed by atoms with Crippen molar-refractivity contribution in [3.8, 4) is 0 Å². The SMILES string of the molecule is CCCC1(C(=O)N(C)C(C)CSC)CCNCC1. The summed E-state index contributed by atoms with van der Waals surface area (Å²) in [5.41, 5.74) is -0.0958. The van der Waals surface area contributed by atoms with Crippen LogP contribution in [-0.2, 0) is 4.79 Å². The third-order valence-electron chi connectivity index (χ3n) is 4.13. The zero-order chi connectivity index (χ0) is 13.6. The highest BCUT2D eigenvalue weighted by Gasteiger charge is 2.41. The number of hydrogen-bond acceptors (Lipinski definition) is 3. The average Bonchev–Trinajstić information content (AvgIpc) is 2.38. The number of thioether (sulfide) groups is 1. The van der Waals surface area contributed by atoms with Gasteiger partial charge in [0.2, 0.25) is 5.91 Å². The summed E-state index contributed by atoms with van der Waals surface area (Å²) in [6.07, 6.45) is 6.22. The van der Waals surface area contributed by atoms with Crippen molar-refractivity contribution in [3.05, 3.63) is 0 Å². The number of carbonyl (C=O) groups is 1. The highest BCUT2D eigenvalue weighted by Crippen LogP contribution is 2.36. The van der Waals surface area contributed by atoms with Crippen molar-refractivity contribution in [2.75, 3.05) is 32.1 Å². The lowest BCUT2D eigenvalue weighted by Gasteiger charge is -2.40. The van der Waals surface area contributed by atoms with Crippen LogP contribution in [0.3, 0.4) is 0 Å². The summed E-state index contributed by atoms with van der Waals surface area (Å²) in [4.78, 5) is 14.8. The van der Waals surface area contributed by atoms with Gasteiger partial charge in [0.05, 0.1) is 5.41 Å². The summed E-state index contributed by atoms with van der Waals surface area (Å²) in [7, 11) is 1.97. The molecule has 1 N–H and O–H groups in total. The molecule has 1 fully saturated rings. The van der Waals surface area contributed by atoms with Gasteiger partial charge in [0.25, 0.3) is 0 Å². The lowest BCUT2D eigenvalue weighted by molar-refractivity contribution is -0.144. The molecule has 1 aliphatic heterocycles. The second-order valence-corrected chi connectivity index (χ2v) is 6.41. The van der Waals surface area contributed by atoms with Gasteiger partial charge in [0.1, 0.15) is 0 Å². The molecule has 0 saturated carbocycles. The van der Waals surface area contributed by atoms with Crippen LogP contribution >= 0.6 is 11.8 Å². The van der Waals surface area contributed by atoms with E-state index in [2.05, 4.69) is 25.4 Å². The van der Waals surface area contributed by atoms with Gasteiger partial charge < -0.3 is 10.2 Å². The maximum absolute atomic E-state index is 12.8. The van der Waals surface area contributed by atoms with Gasteiger partial charge in [0.15, 0.2) is 0 Å². The summed E-state index contributed by atoms with van der Waals surface area (Å²) in [6, 6.07) is 0.330. The summed E-state index contributed by atoms with van der Waals surface area (Å²) in [5.74, 6) is 1.38. The van der Waals surface area contributed by atoms with Gasteiger partial charge in [-0.2, -0.15) is 11.8 Å². The van der Waals surface area contributed by atoms with Crippen LogP contribution in [0.15, 0.2) is 0 Å². The first-order chi connectivity index (χ1) is 8.57. The van der Waals surface area contributed by atoms with Crippen LogP contribution in [0.25, 0.3) is 0 Å². The normalized spacial score (nSPS) is 20.4. The van der Waals surface area contributed by atoms with Crippen LogP contribution in [-0.4, -0.2) is 49.0 Å². The number of carbonyl (C=O) groups excluding carboxylic acids is 1. The fourth-order valence-corrected chi connectivity index (χ4v) is 3.59. The van der Waals surface area contributed by atoms with Gasteiger partial charge >= 0.3 is 0 Å². The van der Waals surface area contributed by atoms with Crippen molar-refractivity contribution in [1.82, 2.24) is 10.2 Å². The molecule has 0 aromatic heterocycles. The Labute approximate surface area is 116 Å². The lowest BCUT2D eigenvalue weighted by atomic mass is 9.74. The Morgan fingerprint density at radius 3 is 2.56 bits per heavy atom. The number of rotatable bonds is 6. The molecule has 0 aliphatic carbocycles. The van der Waals surface area contributed by atoms with Gasteiger partial charge in [-0.05, 0) is 45.5 Å². The zero-order valence-corrected chi connectivity index (χ0v) is 13.1. The Morgan fingerprint density at radius 2 is 2.06 bits per heavy atom. The predicted molar refractivity (Wildman–Crippen MR) is 80.1 cm³/mol. The Balaban J connectivity index is 2.75. The Bertz CT molecular complexity index is 259. The highest BCUT2D eigenvalue weighted by molar-refractivity contribution is 7.98. The second kappa shape index (κ2) is 7.39. The summed E-state index contributed by atoms with van der Waals surface area (Å²) >= 11 is 1.81. The molecule has 0 aromatic rings. The molecule has 1 atom stereocenters. The molecular weight excluding hydrogens is 244 g/mol. The molecule has 18 heavy (non-hydrogen) atoms. The minimum absolute atomic E-state index is 0.0958. The van der Waals surface area contributed by atoms with Crippen molar-refractivity contribution in [2.24, 2.45) is 5.41 Å². The zero-order valence-electron chi connectivity index (χ0n) is 12.3. The van der Waals surface area contributed by atoms with Crippen molar-refractivity contribution in [1.29, 1.82) is 0 Å². The monoisotopic (exact) mass is 272 g/mol. The molecule has 0 bridgehead atoms. The number of amides is 1. The quantitative estimate of drug-likeness (QED) is 0.805. The second-order valence-electron chi connectivity index (χ2n) is 5.50. The number of nitrogens with zero attached hydrogens (tertiary/aromatic N) is 1. The van der Waals surface area contributed by atoms with E-state index in [1.165, 1.54) is 0 Å². The lowest BCUT2D eigenvalue weighted by Crippen LogP contribution is -2.50. The smallest absolute Gasteiger partial charge is 0.228 e.